The van der Waals surface area contributed by atoms with Crippen LogP contribution < -0.4 is 14.2 Å². The van der Waals surface area contributed by atoms with Crippen LogP contribution in [-0.2, 0) is 21.4 Å². The minimum atomic E-state index is -4.14. The molecule has 3 aromatic carbocycles. The molecule has 3 aromatic rings. The number of ether oxygens (including phenoxy) is 2. The summed E-state index contributed by atoms with van der Waals surface area (Å²) in [6.45, 7) is 0.793. The van der Waals surface area contributed by atoms with E-state index in [1.165, 1.54) is 24.1 Å². The Morgan fingerprint density at radius 1 is 0.971 bits per heavy atom. The van der Waals surface area contributed by atoms with Crippen molar-refractivity contribution in [1.29, 1.82) is 0 Å². The van der Waals surface area contributed by atoms with Gasteiger partial charge in [-0.25, -0.2) is 9.18 Å². The number of anilines is 1. The lowest BCUT2D eigenvalue weighted by Gasteiger charge is -2.23. The van der Waals surface area contributed by atoms with Gasteiger partial charge in [0.15, 0.2) is 0 Å². The third kappa shape index (κ3) is 6.93. The van der Waals surface area contributed by atoms with E-state index in [1.54, 1.807) is 43.5 Å². The lowest BCUT2D eigenvalue weighted by Crippen LogP contribution is -2.36. The highest BCUT2D eigenvalue weighted by atomic mass is 32.2. The Kier molecular flexibility index (Phi) is 8.44. The molecule has 0 bridgehead atoms. The van der Waals surface area contributed by atoms with E-state index in [-0.39, 0.29) is 23.2 Å². The zero-order chi connectivity index (χ0) is 24.6. The smallest absolute Gasteiger partial charge is 0.339 e. The molecule has 10 heteroatoms. The highest BCUT2D eigenvalue weighted by Gasteiger charge is 2.18. The fraction of sp³-hybridized carbons (Fsp3) is 0.208. The second-order valence-electron chi connectivity index (χ2n) is 7.21. The van der Waals surface area contributed by atoms with Crippen molar-refractivity contribution in [1.82, 2.24) is 4.90 Å². The summed E-state index contributed by atoms with van der Waals surface area (Å²) in [4.78, 5) is 14.2. The first-order chi connectivity index (χ1) is 16.3. The number of rotatable bonds is 10. The summed E-state index contributed by atoms with van der Waals surface area (Å²) in [6, 6.07) is 17.3. The fourth-order valence-electron chi connectivity index (χ4n) is 3.02. The number of hydrogen-bond donors (Lipinski definition) is 1. The van der Waals surface area contributed by atoms with Crippen molar-refractivity contribution in [3.63, 3.8) is 0 Å². The third-order valence-corrected chi connectivity index (χ3v) is 6.04. The number of nitrogens with one attached hydrogen (secondary N) is 1. The van der Waals surface area contributed by atoms with Crippen LogP contribution in [-0.4, -0.2) is 46.7 Å². The van der Waals surface area contributed by atoms with Gasteiger partial charge in [-0.15, -0.1) is 0 Å². The summed E-state index contributed by atoms with van der Waals surface area (Å²) < 4.78 is 53.6. The summed E-state index contributed by atoms with van der Waals surface area (Å²) in [5.41, 5.74) is 1.24. The standard InChI is InChI=1S/C24H25FN2O6S/c1-31-15-14-27(24(28)26-20-8-10-21(32-2)11-9-20)17-18-4-3-5-22(16-18)33-34(29,30)23-12-6-19(25)7-13-23/h3-13,16H,14-15,17H2,1-2H3,(H,26,28). The summed E-state index contributed by atoms with van der Waals surface area (Å²) in [5.74, 6) is 0.190. The van der Waals surface area contributed by atoms with Gasteiger partial charge >= 0.3 is 16.1 Å². The van der Waals surface area contributed by atoms with E-state index in [2.05, 4.69) is 5.32 Å². The van der Waals surface area contributed by atoms with Gasteiger partial charge in [-0.05, 0) is 66.2 Å². The number of carbonyl (C=O) groups excluding carboxylic acids is 1. The van der Waals surface area contributed by atoms with E-state index < -0.39 is 15.9 Å². The highest BCUT2D eigenvalue weighted by molar-refractivity contribution is 7.87. The van der Waals surface area contributed by atoms with E-state index in [0.29, 0.717) is 30.2 Å². The number of urea groups is 1. The second-order valence-corrected chi connectivity index (χ2v) is 8.76. The largest absolute Gasteiger partial charge is 0.497 e. The first-order valence-corrected chi connectivity index (χ1v) is 11.7. The van der Waals surface area contributed by atoms with Crippen molar-refractivity contribution < 1.29 is 31.3 Å². The van der Waals surface area contributed by atoms with Gasteiger partial charge in [0, 0.05) is 25.9 Å². The highest BCUT2D eigenvalue weighted by Crippen LogP contribution is 2.21. The molecule has 3 rings (SSSR count). The van der Waals surface area contributed by atoms with Crippen molar-refractivity contribution in [3.05, 3.63) is 84.2 Å². The Morgan fingerprint density at radius 2 is 1.68 bits per heavy atom. The molecule has 0 atom stereocenters. The minimum Gasteiger partial charge on any atom is -0.497 e. The van der Waals surface area contributed by atoms with Gasteiger partial charge in [0.1, 0.15) is 22.2 Å². The molecule has 0 heterocycles. The molecule has 8 nitrogen and oxygen atoms in total. The Balaban J connectivity index is 1.73. The molecule has 0 spiro atoms. The van der Waals surface area contributed by atoms with Crippen LogP contribution in [0.2, 0.25) is 0 Å². The van der Waals surface area contributed by atoms with Gasteiger partial charge in [-0.1, -0.05) is 12.1 Å². The SMILES string of the molecule is COCCN(Cc1cccc(OS(=O)(=O)c2ccc(F)cc2)c1)C(=O)Nc1ccc(OC)cc1. The van der Waals surface area contributed by atoms with Crippen LogP contribution in [0.3, 0.4) is 0 Å². The molecule has 0 aliphatic carbocycles. The quantitative estimate of drug-likeness (QED) is 0.428. The molecule has 0 radical (unpaired) electrons. The predicted octanol–water partition coefficient (Wildman–Crippen LogP) is 4.28. The van der Waals surface area contributed by atoms with Crippen LogP contribution in [0, 0.1) is 5.82 Å². The summed E-state index contributed by atoms with van der Waals surface area (Å²) in [5, 5.41) is 2.82. The number of nitrogens with zero attached hydrogens (tertiary/aromatic N) is 1. The molecule has 0 aliphatic heterocycles. The van der Waals surface area contributed by atoms with Crippen LogP contribution in [0.25, 0.3) is 0 Å². The molecule has 0 unspecified atom stereocenters. The zero-order valence-corrected chi connectivity index (χ0v) is 19.5. The number of amides is 2. The van der Waals surface area contributed by atoms with Crippen molar-refractivity contribution in [3.8, 4) is 11.5 Å². The molecule has 180 valence electrons. The summed E-state index contributed by atoms with van der Waals surface area (Å²) in [6.07, 6.45) is 0. The first kappa shape index (κ1) is 25.0. The zero-order valence-electron chi connectivity index (χ0n) is 18.7. The van der Waals surface area contributed by atoms with Crippen LogP contribution >= 0.6 is 0 Å². The van der Waals surface area contributed by atoms with Crippen LogP contribution in [0.1, 0.15) is 5.56 Å². The van der Waals surface area contributed by atoms with E-state index in [0.717, 1.165) is 24.3 Å². The monoisotopic (exact) mass is 488 g/mol. The van der Waals surface area contributed by atoms with E-state index in [9.17, 15) is 17.6 Å². The van der Waals surface area contributed by atoms with E-state index in [4.69, 9.17) is 13.7 Å². The molecule has 0 aromatic heterocycles. The normalized spacial score (nSPS) is 11.0. The fourth-order valence-corrected chi connectivity index (χ4v) is 3.95. The van der Waals surface area contributed by atoms with Crippen molar-refractivity contribution in [2.24, 2.45) is 0 Å². The van der Waals surface area contributed by atoms with E-state index >= 15 is 0 Å². The number of carbonyl (C=O) groups is 1. The summed E-state index contributed by atoms with van der Waals surface area (Å²) in [7, 11) is -1.05. The second kappa shape index (κ2) is 11.5. The molecular weight excluding hydrogens is 463 g/mol. The molecule has 0 saturated heterocycles. The molecular formula is C24H25FN2O6S. The molecule has 2 amide bonds. The van der Waals surface area contributed by atoms with Crippen molar-refractivity contribution in [2.75, 3.05) is 32.7 Å². The molecule has 1 N–H and O–H groups in total. The van der Waals surface area contributed by atoms with Gasteiger partial charge < -0.3 is 23.9 Å². The predicted molar refractivity (Wildman–Crippen MR) is 125 cm³/mol. The van der Waals surface area contributed by atoms with E-state index in [1.807, 2.05) is 0 Å². The molecule has 0 fully saturated rings. The third-order valence-electron chi connectivity index (χ3n) is 4.77. The van der Waals surface area contributed by atoms with Gasteiger partial charge in [0.25, 0.3) is 0 Å². The minimum absolute atomic E-state index is 0.0732. The van der Waals surface area contributed by atoms with Crippen LogP contribution in [0.4, 0.5) is 14.9 Å². The Hall–Kier alpha value is -3.63. The number of halogens is 1. The van der Waals surface area contributed by atoms with Gasteiger partial charge in [-0.3, -0.25) is 0 Å². The average Bonchev–Trinajstić information content (AvgIpc) is 2.82. The Morgan fingerprint density at radius 3 is 2.32 bits per heavy atom. The Labute approximate surface area is 198 Å². The number of benzene rings is 3. The van der Waals surface area contributed by atoms with Gasteiger partial charge in [0.05, 0.1) is 13.7 Å². The molecule has 34 heavy (non-hydrogen) atoms. The van der Waals surface area contributed by atoms with Crippen LogP contribution in [0.15, 0.2) is 77.7 Å². The summed E-state index contributed by atoms with van der Waals surface area (Å²) >= 11 is 0. The van der Waals surface area contributed by atoms with Crippen LogP contribution in [0.5, 0.6) is 11.5 Å². The lowest BCUT2D eigenvalue weighted by atomic mass is 10.2. The Bertz CT molecular complexity index is 1200. The lowest BCUT2D eigenvalue weighted by molar-refractivity contribution is 0.153. The number of hydrogen-bond acceptors (Lipinski definition) is 6. The first-order valence-electron chi connectivity index (χ1n) is 10.3. The maximum absolute atomic E-state index is 13.1. The molecule has 0 saturated carbocycles. The maximum atomic E-state index is 13.1. The average molecular weight is 489 g/mol. The number of methoxy groups -OCH3 is 2. The van der Waals surface area contributed by atoms with Crippen molar-refractivity contribution in [2.45, 2.75) is 11.4 Å². The molecule has 0 aliphatic rings. The van der Waals surface area contributed by atoms with Crippen molar-refractivity contribution >= 4 is 21.8 Å². The maximum Gasteiger partial charge on any atom is 0.339 e. The van der Waals surface area contributed by atoms with Gasteiger partial charge in [-0.2, -0.15) is 8.42 Å². The topological polar surface area (TPSA) is 94.2 Å². The van der Waals surface area contributed by atoms with Gasteiger partial charge in [0.2, 0.25) is 0 Å².